The predicted octanol–water partition coefficient (Wildman–Crippen LogP) is 4.76. The Labute approximate surface area is 145 Å². The van der Waals surface area contributed by atoms with Gasteiger partial charge in [-0.25, -0.2) is 4.79 Å². The number of unbranched alkanes of at least 4 members (excludes halogenated alkanes) is 6. The van der Waals surface area contributed by atoms with Crippen molar-refractivity contribution in [3.05, 3.63) is 42.0 Å². The molecule has 1 rings (SSSR count). The number of benzene rings is 1. The molecule has 132 valence electrons. The summed E-state index contributed by atoms with van der Waals surface area (Å²) in [6.07, 6.45) is 12.4. The summed E-state index contributed by atoms with van der Waals surface area (Å²) in [4.78, 5) is 21.7. The molecule has 0 unspecified atom stereocenters. The molecule has 0 saturated heterocycles. The Morgan fingerprint density at radius 3 is 2.38 bits per heavy atom. The molecule has 0 aromatic heterocycles. The maximum atomic E-state index is 11.1. The Hall–Kier alpha value is -2.10. The number of hydrogen-bond acceptors (Lipinski definition) is 4. The maximum Gasteiger partial charge on any atom is 0.330 e. The lowest BCUT2D eigenvalue weighted by Gasteiger charge is -2.06. The van der Waals surface area contributed by atoms with Crippen molar-refractivity contribution in [1.29, 1.82) is 0 Å². The van der Waals surface area contributed by atoms with Crippen molar-refractivity contribution in [2.75, 3.05) is 18.5 Å². The van der Waals surface area contributed by atoms with Crippen molar-refractivity contribution < 1.29 is 14.3 Å². The van der Waals surface area contributed by atoms with E-state index < -0.39 is 0 Å². The molecular formula is C20H29NO3. The van der Waals surface area contributed by atoms with Crippen LogP contribution in [0.3, 0.4) is 0 Å². The number of aldehydes is 1. The molecule has 0 aliphatic rings. The molecule has 0 bridgehead atoms. The minimum Gasteiger partial charge on any atom is -0.463 e. The highest BCUT2D eigenvalue weighted by atomic mass is 16.5. The van der Waals surface area contributed by atoms with Gasteiger partial charge in [-0.1, -0.05) is 31.8 Å². The first-order valence-electron chi connectivity index (χ1n) is 8.88. The first-order valence-corrected chi connectivity index (χ1v) is 8.88. The van der Waals surface area contributed by atoms with Crippen LogP contribution >= 0.6 is 0 Å². The van der Waals surface area contributed by atoms with Gasteiger partial charge in [0.25, 0.3) is 0 Å². The van der Waals surface area contributed by atoms with Gasteiger partial charge in [0.1, 0.15) is 6.29 Å². The lowest BCUT2D eigenvalue weighted by atomic mass is 10.1. The molecule has 0 atom stereocenters. The van der Waals surface area contributed by atoms with Crippen molar-refractivity contribution in [2.45, 2.75) is 51.9 Å². The second-order valence-electron chi connectivity index (χ2n) is 5.73. The van der Waals surface area contributed by atoms with Gasteiger partial charge < -0.3 is 10.1 Å². The third-order valence-electron chi connectivity index (χ3n) is 3.71. The van der Waals surface area contributed by atoms with E-state index in [1.165, 1.54) is 31.8 Å². The number of hydrogen-bond donors (Lipinski definition) is 1. The van der Waals surface area contributed by atoms with E-state index in [2.05, 4.69) is 5.32 Å². The molecule has 1 aromatic carbocycles. The molecule has 0 aliphatic heterocycles. The van der Waals surface area contributed by atoms with E-state index in [1.54, 1.807) is 0 Å². The minimum absolute atomic E-state index is 0.245. The van der Waals surface area contributed by atoms with Gasteiger partial charge in [-0.2, -0.15) is 0 Å². The van der Waals surface area contributed by atoms with Crippen LogP contribution in [0.2, 0.25) is 0 Å². The summed E-state index contributed by atoms with van der Waals surface area (Å²) in [5.41, 5.74) is 1.77. The maximum absolute atomic E-state index is 11.1. The van der Waals surface area contributed by atoms with Crippen molar-refractivity contribution >= 4 is 17.9 Å². The summed E-state index contributed by atoms with van der Waals surface area (Å²) in [6.45, 7) is 3.20. The lowest BCUT2D eigenvalue weighted by Crippen LogP contribution is -2.01. The average Bonchev–Trinajstić information content (AvgIpc) is 2.60. The Kier molecular flexibility index (Phi) is 11.1. The highest BCUT2D eigenvalue weighted by Gasteiger charge is 1.95. The summed E-state index contributed by atoms with van der Waals surface area (Å²) in [5.74, 6) is -0.245. The monoisotopic (exact) mass is 331 g/mol. The highest BCUT2D eigenvalue weighted by molar-refractivity contribution is 5.81. The van der Waals surface area contributed by atoms with E-state index in [9.17, 15) is 9.59 Å². The molecule has 4 nitrogen and oxygen atoms in total. The zero-order chi connectivity index (χ0) is 17.5. The van der Waals surface area contributed by atoms with Gasteiger partial charge in [0.05, 0.1) is 6.61 Å². The quantitative estimate of drug-likeness (QED) is 0.245. The fourth-order valence-corrected chi connectivity index (χ4v) is 2.38. The third kappa shape index (κ3) is 9.82. The van der Waals surface area contributed by atoms with Gasteiger partial charge in [-0.05, 0) is 50.5 Å². The molecule has 0 aliphatic carbocycles. The van der Waals surface area contributed by atoms with Crippen molar-refractivity contribution in [2.24, 2.45) is 0 Å². The molecule has 24 heavy (non-hydrogen) atoms. The lowest BCUT2D eigenvalue weighted by molar-refractivity contribution is -0.137. The summed E-state index contributed by atoms with van der Waals surface area (Å²) < 4.78 is 4.82. The first kappa shape index (κ1) is 19.9. The predicted molar refractivity (Wildman–Crippen MR) is 98.4 cm³/mol. The number of carbonyl (C=O) groups is 2. The van der Waals surface area contributed by atoms with Crippen molar-refractivity contribution in [3.8, 4) is 0 Å². The van der Waals surface area contributed by atoms with Crippen LogP contribution in [-0.4, -0.2) is 25.4 Å². The average molecular weight is 331 g/mol. The van der Waals surface area contributed by atoms with E-state index in [4.69, 9.17) is 4.74 Å². The summed E-state index contributed by atoms with van der Waals surface area (Å²) >= 11 is 0. The second-order valence-corrected chi connectivity index (χ2v) is 5.73. The molecule has 0 fully saturated rings. The van der Waals surface area contributed by atoms with E-state index in [1.807, 2.05) is 37.3 Å². The second kappa shape index (κ2) is 13.3. The largest absolute Gasteiger partial charge is 0.463 e. The van der Waals surface area contributed by atoms with Crippen molar-refractivity contribution in [3.63, 3.8) is 0 Å². The first-order chi connectivity index (χ1) is 11.8. The summed E-state index contributed by atoms with van der Waals surface area (Å²) in [5, 5.41) is 3.37. The summed E-state index contributed by atoms with van der Waals surface area (Å²) in [6, 6.07) is 7.53. The molecule has 1 N–H and O–H groups in total. The normalized spacial score (nSPS) is 10.7. The fraction of sp³-hybridized carbons (Fsp3) is 0.500. The van der Waals surface area contributed by atoms with E-state index >= 15 is 0 Å². The summed E-state index contributed by atoms with van der Waals surface area (Å²) in [7, 11) is 0. The highest BCUT2D eigenvalue weighted by Crippen LogP contribution is 2.10. The minimum atomic E-state index is -0.245. The standard InChI is InChI=1S/C20H29NO3/c1-2-24-20(23)11-9-7-5-3-4-6-8-10-16-21-19-14-12-18(17-22)13-15-19/h9,11-15,17,21H,2-8,10,16H2,1H3/b11-9+. The van der Waals surface area contributed by atoms with Crippen LogP contribution in [0.5, 0.6) is 0 Å². The number of esters is 1. The van der Waals surface area contributed by atoms with Gasteiger partial charge in [-0.3, -0.25) is 4.79 Å². The number of carbonyl (C=O) groups excluding carboxylic acids is 2. The molecule has 1 aromatic rings. The number of rotatable bonds is 13. The zero-order valence-corrected chi connectivity index (χ0v) is 14.6. The van der Waals surface area contributed by atoms with Crippen molar-refractivity contribution in [1.82, 2.24) is 0 Å². The van der Waals surface area contributed by atoms with Crippen LogP contribution in [0.25, 0.3) is 0 Å². The third-order valence-corrected chi connectivity index (χ3v) is 3.71. The molecule has 0 radical (unpaired) electrons. The van der Waals surface area contributed by atoms with Gasteiger partial charge in [0.2, 0.25) is 0 Å². The Bertz CT molecular complexity index is 494. The van der Waals surface area contributed by atoms with Gasteiger partial charge in [-0.15, -0.1) is 0 Å². The van der Waals surface area contributed by atoms with Crippen LogP contribution in [-0.2, 0) is 9.53 Å². The van der Waals surface area contributed by atoms with Crippen LogP contribution in [0, 0.1) is 0 Å². The zero-order valence-electron chi connectivity index (χ0n) is 14.6. The van der Waals surface area contributed by atoms with Crippen LogP contribution in [0.4, 0.5) is 5.69 Å². The van der Waals surface area contributed by atoms with Gasteiger partial charge in [0.15, 0.2) is 0 Å². The topological polar surface area (TPSA) is 55.4 Å². The van der Waals surface area contributed by atoms with E-state index in [0.717, 1.165) is 37.8 Å². The van der Waals surface area contributed by atoms with Crippen LogP contribution < -0.4 is 5.32 Å². The van der Waals surface area contributed by atoms with E-state index in [0.29, 0.717) is 12.2 Å². The van der Waals surface area contributed by atoms with E-state index in [-0.39, 0.29) is 5.97 Å². The Balaban J connectivity index is 1.91. The van der Waals surface area contributed by atoms with Gasteiger partial charge >= 0.3 is 5.97 Å². The molecule has 0 saturated carbocycles. The number of nitrogens with one attached hydrogen (secondary N) is 1. The number of anilines is 1. The number of allylic oxidation sites excluding steroid dienone is 1. The molecule has 0 amide bonds. The Morgan fingerprint density at radius 1 is 1.04 bits per heavy atom. The SMILES string of the molecule is CCOC(=O)/C=C/CCCCCCCCNc1ccc(C=O)cc1. The Morgan fingerprint density at radius 2 is 1.71 bits per heavy atom. The van der Waals surface area contributed by atoms with Gasteiger partial charge in [0, 0.05) is 23.9 Å². The smallest absolute Gasteiger partial charge is 0.330 e. The molecular weight excluding hydrogens is 302 g/mol. The molecule has 4 heteroatoms. The molecule has 0 spiro atoms. The number of ether oxygens (including phenoxy) is 1. The van der Waals surface area contributed by atoms with Crippen LogP contribution in [0.15, 0.2) is 36.4 Å². The van der Waals surface area contributed by atoms with Crippen LogP contribution in [0.1, 0.15) is 62.2 Å². The molecule has 0 heterocycles. The fourth-order valence-electron chi connectivity index (χ4n) is 2.38.